The van der Waals surface area contributed by atoms with Gasteiger partial charge in [-0.1, -0.05) is 66.2 Å². The maximum atomic E-state index is 13.5. The van der Waals surface area contributed by atoms with Gasteiger partial charge in [-0.05, 0) is 32.0 Å². The third-order valence-corrected chi connectivity index (χ3v) is 7.34. The van der Waals surface area contributed by atoms with Crippen molar-refractivity contribution >= 4 is 27.4 Å². The fraction of sp³-hybridized carbons (Fsp3) is 0.154. The molecule has 3 aromatic rings. The van der Waals surface area contributed by atoms with Crippen molar-refractivity contribution in [1.29, 1.82) is 0 Å². The summed E-state index contributed by atoms with van der Waals surface area (Å²) in [5.41, 5.74) is 1.67. The molecule has 3 aromatic carbocycles. The maximum absolute atomic E-state index is 13.5. The Morgan fingerprint density at radius 1 is 0.912 bits per heavy atom. The number of ether oxygens (including phenoxy) is 1. The van der Waals surface area contributed by atoms with Crippen molar-refractivity contribution in [2.45, 2.75) is 18.7 Å². The number of benzene rings is 3. The number of amides is 1. The lowest BCUT2D eigenvalue weighted by Crippen LogP contribution is -2.41. The Kier molecular flexibility index (Phi) is 6.51. The summed E-state index contributed by atoms with van der Waals surface area (Å²) in [6, 6.07) is 21.9. The number of hydrogen-bond donors (Lipinski definition) is 1. The number of nitrogens with one attached hydrogen (secondary N) is 1. The summed E-state index contributed by atoms with van der Waals surface area (Å²) in [6.45, 7) is 3.30. The minimum Gasteiger partial charge on any atom is -0.484 e. The van der Waals surface area contributed by atoms with Crippen LogP contribution >= 0.6 is 0 Å². The zero-order chi connectivity index (χ0) is 24.3. The molecule has 1 N–H and O–H groups in total. The van der Waals surface area contributed by atoms with E-state index in [1.165, 1.54) is 6.07 Å². The van der Waals surface area contributed by atoms with E-state index in [0.29, 0.717) is 11.3 Å². The molecule has 4 rings (SSSR count). The first kappa shape index (κ1) is 23.3. The molecular formula is C26H24N2O5S. The fourth-order valence-electron chi connectivity index (χ4n) is 3.76. The Morgan fingerprint density at radius 3 is 2.24 bits per heavy atom. The Morgan fingerprint density at radius 2 is 1.56 bits per heavy atom. The van der Waals surface area contributed by atoms with Crippen LogP contribution in [0.25, 0.3) is 5.70 Å². The number of carbonyl (C=O) groups is 2. The van der Waals surface area contributed by atoms with Gasteiger partial charge in [0.1, 0.15) is 11.4 Å². The molecule has 1 aliphatic heterocycles. The molecular weight excluding hydrogens is 452 g/mol. The zero-order valence-corrected chi connectivity index (χ0v) is 19.6. The molecule has 0 aliphatic carbocycles. The number of sulfonamides is 1. The van der Waals surface area contributed by atoms with E-state index in [-0.39, 0.29) is 35.0 Å². The Balaban J connectivity index is 1.76. The molecule has 0 radical (unpaired) electrons. The van der Waals surface area contributed by atoms with E-state index in [4.69, 9.17) is 4.74 Å². The first-order chi connectivity index (χ1) is 16.3. The van der Waals surface area contributed by atoms with Crippen LogP contribution in [0.3, 0.4) is 0 Å². The van der Waals surface area contributed by atoms with Crippen LogP contribution in [0.1, 0.15) is 28.4 Å². The number of hydrogen-bond acceptors (Lipinski definition) is 5. The molecule has 0 aromatic heterocycles. The van der Waals surface area contributed by atoms with Crippen LogP contribution in [-0.4, -0.2) is 37.6 Å². The van der Waals surface area contributed by atoms with E-state index in [2.05, 4.69) is 5.32 Å². The summed E-state index contributed by atoms with van der Waals surface area (Å²) in [4.78, 5) is 26.4. The molecule has 174 valence electrons. The average molecular weight is 477 g/mol. The van der Waals surface area contributed by atoms with Gasteiger partial charge in [0.15, 0.2) is 6.61 Å². The summed E-state index contributed by atoms with van der Waals surface area (Å²) in [5, 5.41) is 2.75. The SMILES string of the molecule is CCN1C(C(=O)c2ccccc2)=C(NC(=O)COc2ccc(C)cc2)c2ccccc2S1(=O)=O. The number of nitrogens with zero attached hydrogens (tertiary/aromatic N) is 1. The second kappa shape index (κ2) is 9.52. The van der Waals surface area contributed by atoms with Crippen LogP contribution in [0, 0.1) is 6.92 Å². The lowest BCUT2D eigenvalue weighted by Gasteiger charge is -2.33. The van der Waals surface area contributed by atoms with Crippen LogP contribution in [0.15, 0.2) is 89.5 Å². The van der Waals surface area contributed by atoms with Crippen molar-refractivity contribution in [3.05, 3.63) is 101 Å². The Hall–Kier alpha value is -3.91. The van der Waals surface area contributed by atoms with Gasteiger partial charge in [0.05, 0.1) is 10.6 Å². The molecule has 34 heavy (non-hydrogen) atoms. The highest BCUT2D eigenvalue weighted by molar-refractivity contribution is 7.89. The molecule has 7 nitrogen and oxygen atoms in total. The maximum Gasteiger partial charge on any atom is 0.265 e. The van der Waals surface area contributed by atoms with Crippen LogP contribution in [0.2, 0.25) is 0 Å². The minimum atomic E-state index is -3.99. The number of ketones is 1. The van der Waals surface area contributed by atoms with Gasteiger partial charge in [-0.25, -0.2) is 8.42 Å². The Labute approximate surface area is 198 Å². The highest BCUT2D eigenvalue weighted by atomic mass is 32.2. The molecule has 0 unspecified atom stereocenters. The van der Waals surface area contributed by atoms with Crippen molar-refractivity contribution in [1.82, 2.24) is 9.62 Å². The van der Waals surface area contributed by atoms with Gasteiger partial charge in [0.2, 0.25) is 5.78 Å². The molecule has 0 bridgehead atoms. The highest BCUT2D eigenvalue weighted by Crippen LogP contribution is 2.36. The number of rotatable bonds is 7. The Bertz CT molecular complexity index is 1360. The van der Waals surface area contributed by atoms with E-state index in [9.17, 15) is 18.0 Å². The third kappa shape index (κ3) is 4.45. The number of aryl methyl sites for hydroxylation is 1. The fourth-order valence-corrected chi connectivity index (χ4v) is 5.45. The van der Waals surface area contributed by atoms with Crippen molar-refractivity contribution in [2.75, 3.05) is 13.2 Å². The second-order valence-electron chi connectivity index (χ2n) is 7.73. The third-order valence-electron chi connectivity index (χ3n) is 5.40. The van der Waals surface area contributed by atoms with Crippen molar-refractivity contribution < 1.29 is 22.7 Å². The minimum absolute atomic E-state index is 0.0177. The number of carbonyl (C=O) groups excluding carboxylic acids is 2. The molecule has 0 atom stereocenters. The molecule has 0 saturated heterocycles. The molecule has 1 heterocycles. The van der Waals surface area contributed by atoms with Crippen molar-refractivity contribution in [3.63, 3.8) is 0 Å². The normalized spacial score (nSPS) is 14.4. The van der Waals surface area contributed by atoms with Gasteiger partial charge in [0.25, 0.3) is 15.9 Å². The number of likely N-dealkylation sites (N-methyl/N-ethyl adjacent to an activating group) is 1. The summed E-state index contributed by atoms with van der Waals surface area (Å²) in [5.74, 6) is -0.494. The standard InChI is InChI=1S/C26H24N2O5S/c1-3-28-25(26(30)19-9-5-4-6-10-19)24(21-11-7-8-12-22(21)34(28,31)32)27-23(29)17-33-20-15-13-18(2)14-16-20/h4-16H,3,17H2,1-2H3,(H,27,29). The second-order valence-corrected chi connectivity index (χ2v) is 9.57. The van der Waals surface area contributed by atoms with Gasteiger partial charge in [-0.15, -0.1) is 0 Å². The number of fused-ring (bicyclic) bond motifs is 1. The summed E-state index contributed by atoms with van der Waals surface area (Å²) in [7, 11) is -3.99. The number of allylic oxidation sites excluding steroid dienone is 1. The van der Waals surface area contributed by atoms with Crippen LogP contribution < -0.4 is 10.1 Å². The first-order valence-electron chi connectivity index (χ1n) is 10.8. The predicted octanol–water partition coefficient (Wildman–Crippen LogP) is 3.77. The van der Waals surface area contributed by atoms with E-state index in [1.54, 1.807) is 67.6 Å². The highest BCUT2D eigenvalue weighted by Gasteiger charge is 2.39. The van der Waals surface area contributed by atoms with E-state index in [0.717, 1.165) is 9.87 Å². The molecule has 0 fully saturated rings. The van der Waals surface area contributed by atoms with Crippen molar-refractivity contribution in [2.24, 2.45) is 0 Å². The zero-order valence-electron chi connectivity index (χ0n) is 18.8. The monoisotopic (exact) mass is 476 g/mol. The topological polar surface area (TPSA) is 92.8 Å². The van der Waals surface area contributed by atoms with Crippen LogP contribution in [-0.2, 0) is 14.8 Å². The van der Waals surface area contributed by atoms with Gasteiger partial charge in [0, 0.05) is 17.7 Å². The molecule has 0 saturated carbocycles. The lowest BCUT2D eigenvalue weighted by atomic mass is 10.0. The average Bonchev–Trinajstić information content (AvgIpc) is 2.85. The smallest absolute Gasteiger partial charge is 0.265 e. The predicted molar refractivity (Wildman–Crippen MR) is 129 cm³/mol. The van der Waals surface area contributed by atoms with Gasteiger partial charge in [-0.3, -0.25) is 13.9 Å². The van der Waals surface area contributed by atoms with Crippen LogP contribution in [0.5, 0.6) is 5.75 Å². The van der Waals surface area contributed by atoms with Gasteiger partial charge >= 0.3 is 0 Å². The van der Waals surface area contributed by atoms with Crippen LogP contribution in [0.4, 0.5) is 0 Å². The molecule has 0 spiro atoms. The molecule has 8 heteroatoms. The van der Waals surface area contributed by atoms with E-state index in [1.807, 2.05) is 19.1 Å². The summed E-state index contributed by atoms with van der Waals surface area (Å²) < 4.78 is 33.3. The van der Waals surface area contributed by atoms with Gasteiger partial charge in [-0.2, -0.15) is 0 Å². The van der Waals surface area contributed by atoms with Gasteiger partial charge < -0.3 is 10.1 Å². The lowest BCUT2D eigenvalue weighted by molar-refractivity contribution is -0.121. The quantitative estimate of drug-likeness (QED) is 0.524. The first-order valence-corrected chi connectivity index (χ1v) is 12.2. The molecule has 1 amide bonds. The molecule has 1 aliphatic rings. The van der Waals surface area contributed by atoms with E-state index < -0.39 is 21.7 Å². The van der Waals surface area contributed by atoms with E-state index >= 15 is 0 Å². The summed E-state index contributed by atoms with van der Waals surface area (Å²) >= 11 is 0. The summed E-state index contributed by atoms with van der Waals surface area (Å²) in [6.07, 6.45) is 0. The largest absolute Gasteiger partial charge is 0.484 e. The van der Waals surface area contributed by atoms with Crippen molar-refractivity contribution in [3.8, 4) is 5.75 Å². The number of Topliss-reactive ketones (excluding diaryl/α,β-unsaturated/α-hetero) is 1.